The van der Waals surface area contributed by atoms with Crippen molar-refractivity contribution in [2.75, 3.05) is 26.7 Å². The second-order valence-electron chi connectivity index (χ2n) is 3.94. The van der Waals surface area contributed by atoms with Crippen LogP contribution in [0.15, 0.2) is 0 Å². The standard InChI is InChI=1S/C11H22N2O3/c1-4-5-13(8-11(15)16-3)10(14)6-9(2)7-12/h9H,4-8,12H2,1-3H3. The highest BCUT2D eigenvalue weighted by Crippen LogP contribution is 2.05. The summed E-state index contributed by atoms with van der Waals surface area (Å²) in [5, 5.41) is 0. The van der Waals surface area contributed by atoms with Crippen LogP contribution in [0.4, 0.5) is 0 Å². The number of hydrogen-bond donors (Lipinski definition) is 1. The van der Waals surface area contributed by atoms with Crippen LogP contribution in [-0.4, -0.2) is 43.5 Å². The summed E-state index contributed by atoms with van der Waals surface area (Å²) in [6, 6.07) is 0. The molecule has 1 amide bonds. The zero-order valence-electron chi connectivity index (χ0n) is 10.4. The van der Waals surface area contributed by atoms with Crippen molar-refractivity contribution in [3.63, 3.8) is 0 Å². The number of carbonyl (C=O) groups is 2. The van der Waals surface area contributed by atoms with Crippen molar-refractivity contribution in [3.8, 4) is 0 Å². The van der Waals surface area contributed by atoms with Crippen LogP contribution >= 0.6 is 0 Å². The van der Waals surface area contributed by atoms with Crippen molar-refractivity contribution in [1.29, 1.82) is 0 Å². The third-order valence-corrected chi connectivity index (χ3v) is 2.32. The maximum absolute atomic E-state index is 11.8. The lowest BCUT2D eigenvalue weighted by atomic mass is 10.1. The third kappa shape index (κ3) is 5.70. The quantitative estimate of drug-likeness (QED) is 0.642. The Morgan fingerprint density at radius 3 is 2.50 bits per heavy atom. The molecule has 0 aliphatic carbocycles. The molecular formula is C11H22N2O3. The maximum atomic E-state index is 11.8. The predicted octanol–water partition coefficient (Wildman–Crippen LogP) is 0.383. The molecule has 0 heterocycles. The molecule has 0 saturated carbocycles. The molecule has 5 heteroatoms. The number of nitrogens with two attached hydrogens (primary N) is 1. The zero-order chi connectivity index (χ0) is 12.6. The molecule has 0 aliphatic rings. The van der Waals surface area contributed by atoms with E-state index in [0.717, 1.165) is 6.42 Å². The lowest BCUT2D eigenvalue weighted by molar-refractivity contribution is -0.147. The first-order valence-corrected chi connectivity index (χ1v) is 5.59. The van der Waals surface area contributed by atoms with Crippen LogP contribution in [0.3, 0.4) is 0 Å². The average molecular weight is 230 g/mol. The number of carbonyl (C=O) groups excluding carboxylic acids is 2. The number of amides is 1. The first-order chi connectivity index (χ1) is 7.54. The Labute approximate surface area is 96.9 Å². The van der Waals surface area contributed by atoms with E-state index in [-0.39, 0.29) is 24.3 Å². The molecule has 0 aliphatic heterocycles. The minimum Gasteiger partial charge on any atom is -0.468 e. The van der Waals surface area contributed by atoms with Crippen LogP contribution < -0.4 is 5.73 Å². The Morgan fingerprint density at radius 1 is 1.44 bits per heavy atom. The third-order valence-electron chi connectivity index (χ3n) is 2.32. The number of hydrogen-bond acceptors (Lipinski definition) is 4. The van der Waals surface area contributed by atoms with E-state index < -0.39 is 0 Å². The highest BCUT2D eigenvalue weighted by atomic mass is 16.5. The summed E-state index contributed by atoms with van der Waals surface area (Å²) in [5.74, 6) is -0.281. The van der Waals surface area contributed by atoms with E-state index in [0.29, 0.717) is 19.5 Å². The minimum atomic E-state index is -0.387. The SMILES string of the molecule is CCCN(CC(=O)OC)C(=O)CC(C)CN. The van der Waals surface area contributed by atoms with E-state index in [1.165, 1.54) is 12.0 Å². The molecule has 0 aromatic rings. The molecule has 0 fully saturated rings. The Morgan fingerprint density at radius 2 is 2.06 bits per heavy atom. The number of ether oxygens (including phenoxy) is 1. The summed E-state index contributed by atoms with van der Waals surface area (Å²) in [6.45, 7) is 4.96. The molecule has 0 radical (unpaired) electrons. The summed E-state index contributed by atoms with van der Waals surface area (Å²) >= 11 is 0. The minimum absolute atomic E-state index is 0.0282. The normalized spacial score (nSPS) is 12.0. The smallest absolute Gasteiger partial charge is 0.325 e. The van der Waals surface area contributed by atoms with Gasteiger partial charge in [-0.05, 0) is 18.9 Å². The molecule has 16 heavy (non-hydrogen) atoms. The topological polar surface area (TPSA) is 72.6 Å². The van der Waals surface area contributed by atoms with Crippen molar-refractivity contribution in [3.05, 3.63) is 0 Å². The highest BCUT2D eigenvalue weighted by Gasteiger charge is 2.18. The summed E-state index contributed by atoms with van der Waals surface area (Å²) < 4.78 is 4.55. The number of methoxy groups -OCH3 is 1. The molecule has 2 N–H and O–H groups in total. The van der Waals surface area contributed by atoms with Gasteiger partial charge < -0.3 is 15.4 Å². The Kier molecular flexibility index (Phi) is 7.54. The van der Waals surface area contributed by atoms with Crippen molar-refractivity contribution >= 4 is 11.9 Å². The van der Waals surface area contributed by atoms with Gasteiger partial charge >= 0.3 is 5.97 Å². The fourth-order valence-electron chi connectivity index (χ4n) is 1.29. The van der Waals surface area contributed by atoms with E-state index in [1.54, 1.807) is 0 Å². The van der Waals surface area contributed by atoms with E-state index in [1.807, 2.05) is 13.8 Å². The summed E-state index contributed by atoms with van der Waals surface area (Å²) in [4.78, 5) is 24.5. The van der Waals surface area contributed by atoms with Crippen LogP contribution in [0.2, 0.25) is 0 Å². The number of esters is 1. The number of nitrogens with zero attached hydrogens (tertiary/aromatic N) is 1. The van der Waals surface area contributed by atoms with E-state index in [4.69, 9.17) is 5.73 Å². The predicted molar refractivity (Wildman–Crippen MR) is 61.7 cm³/mol. The fraction of sp³-hybridized carbons (Fsp3) is 0.818. The van der Waals surface area contributed by atoms with Crippen LogP contribution in [0.1, 0.15) is 26.7 Å². The Hall–Kier alpha value is -1.10. The zero-order valence-corrected chi connectivity index (χ0v) is 10.4. The molecule has 0 spiro atoms. The number of rotatable bonds is 7. The van der Waals surface area contributed by atoms with Crippen LogP contribution in [0, 0.1) is 5.92 Å². The van der Waals surface area contributed by atoms with Gasteiger partial charge in [0.2, 0.25) is 5.91 Å². The molecule has 0 aromatic heterocycles. The van der Waals surface area contributed by atoms with Gasteiger partial charge in [0.15, 0.2) is 0 Å². The van der Waals surface area contributed by atoms with Crippen molar-refractivity contribution in [1.82, 2.24) is 4.90 Å². The van der Waals surface area contributed by atoms with Gasteiger partial charge in [-0.25, -0.2) is 0 Å². The lowest BCUT2D eigenvalue weighted by Crippen LogP contribution is -2.38. The summed E-state index contributed by atoms with van der Waals surface area (Å²) in [6.07, 6.45) is 1.20. The van der Waals surface area contributed by atoms with Gasteiger partial charge in [-0.3, -0.25) is 9.59 Å². The molecule has 1 unspecified atom stereocenters. The summed E-state index contributed by atoms with van der Waals surface area (Å²) in [7, 11) is 1.32. The van der Waals surface area contributed by atoms with Crippen LogP contribution in [0.5, 0.6) is 0 Å². The summed E-state index contributed by atoms with van der Waals surface area (Å²) in [5.41, 5.74) is 5.46. The van der Waals surface area contributed by atoms with E-state index >= 15 is 0 Å². The monoisotopic (exact) mass is 230 g/mol. The van der Waals surface area contributed by atoms with Crippen molar-refractivity contribution in [2.45, 2.75) is 26.7 Å². The molecule has 0 rings (SSSR count). The van der Waals surface area contributed by atoms with Gasteiger partial charge in [0, 0.05) is 13.0 Å². The maximum Gasteiger partial charge on any atom is 0.325 e. The second kappa shape index (κ2) is 8.10. The molecule has 1 atom stereocenters. The van der Waals surface area contributed by atoms with Crippen molar-refractivity contribution < 1.29 is 14.3 Å². The molecule has 0 saturated heterocycles. The Balaban J connectivity index is 4.28. The molecule has 0 aromatic carbocycles. The van der Waals surface area contributed by atoms with Gasteiger partial charge in [0.05, 0.1) is 7.11 Å². The average Bonchev–Trinajstić information content (AvgIpc) is 2.27. The first kappa shape index (κ1) is 14.9. The van der Waals surface area contributed by atoms with Gasteiger partial charge in [-0.2, -0.15) is 0 Å². The van der Waals surface area contributed by atoms with Gasteiger partial charge in [0.25, 0.3) is 0 Å². The van der Waals surface area contributed by atoms with Crippen LogP contribution in [0.25, 0.3) is 0 Å². The molecule has 94 valence electrons. The Bertz CT molecular complexity index is 231. The van der Waals surface area contributed by atoms with Gasteiger partial charge in [-0.1, -0.05) is 13.8 Å². The van der Waals surface area contributed by atoms with E-state index in [2.05, 4.69) is 4.74 Å². The van der Waals surface area contributed by atoms with Crippen molar-refractivity contribution in [2.24, 2.45) is 11.7 Å². The highest BCUT2D eigenvalue weighted by molar-refractivity contribution is 5.82. The molecule has 0 bridgehead atoms. The van der Waals surface area contributed by atoms with E-state index in [9.17, 15) is 9.59 Å². The van der Waals surface area contributed by atoms with Gasteiger partial charge in [-0.15, -0.1) is 0 Å². The lowest BCUT2D eigenvalue weighted by Gasteiger charge is -2.22. The molecule has 5 nitrogen and oxygen atoms in total. The largest absolute Gasteiger partial charge is 0.468 e. The van der Waals surface area contributed by atoms with Gasteiger partial charge in [0.1, 0.15) is 6.54 Å². The first-order valence-electron chi connectivity index (χ1n) is 5.59. The van der Waals surface area contributed by atoms with Crippen LogP contribution in [-0.2, 0) is 14.3 Å². The molecular weight excluding hydrogens is 208 g/mol. The fourth-order valence-corrected chi connectivity index (χ4v) is 1.29. The second-order valence-corrected chi connectivity index (χ2v) is 3.94.